The second kappa shape index (κ2) is 14.8. The lowest BCUT2D eigenvalue weighted by Gasteiger charge is -2.20. The van der Waals surface area contributed by atoms with Gasteiger partial charge in [0.15, 0.2) is 0 Å². The van der Waals surface area contributed by atoms with Crippen LogP contribution in [-0.2, 0) is 20.7 Å². The number of carbonyl (C=O) groups excluding carboxylic acids is 3. The molecule has 2 N–H and O–H groups in total. The highest BCUT2D eigenvalue weighted by molar-refractivity contribution is 6.39. The first-order chi connectivity index (χ1) is 19.2. The Labute approximate surface area is 247 Å². The average molecular weight is 608 g/mol. The third kappa shape index (κ3) is 7.59. The van der Waals surface area contributed by atoms with Crippen LogP contribution in [0.1, 0.15) is 28.8 Å². The third-order valence-corrected chi connectivity index (χ3v) is 6.91. The van der Waals surface area contributed by atoms with E-state index in [0.29, 0.717) is 46.2 Å². The first-order valence-corrected chi connectivity index (χ1v) is 13.6. The van der Waals surface area contributed by atoms with Crippen LogP contribution in [0.15, 0.2) is 54.6 Å². The maximum atomic E-state index is 13.0. The number of anilines is 1. The van der Waals surface area contributed by atoms with Crippen molar-refractivity contribution >= 4 is 58.3 Å². The third-order valence-electron chi connectivity index (χ3n) is 6.01. The van der Waals surface area contributed by atoms with Gasteiger partial charge in [0, 0.05) is 30.0 Å². The number of nitrogens with one attached hydrogen (secondary N) is 2. The lowest BCUT2D eigenvalue weighted by atomic mass is 9.96. The number of benzene rings is 3. The maximum absolute atomic E-state index is 13.0. The molecule has 0 saturated carbocycles. The van der Waals surface area contributed by atoms with Crippen molar-refractivity contribution in [1.82, 2.24) is 5.32 Å². The highest BCUT2D eigenvalue weighted by Crippen LogP contribution is 2.42. The van der Waals surface area contributed by atoms with E-state index in [1.807, 2.05) is 0 Å². The first kappa shape index (κ1) is 31.1. The van der Waals surface area contributed by atoms with Crippen LogP contribution in [0.5, 0.6) is 11.5 Å². The van der Waals surface area contributed by atoms with Gasteiger partial charge in [-0.3, -0.25) is 9.59 Å². The number of halogens is 3. The molecule has 0 saturated heterocycles. The Morgan fingerprint density at radius 1 is 0.900 bits per heavy atom. The van der Waals surface area contributed by atoms with E-state index in [4.69, 9.17) is 49.0 Å². The largest absolute Gasteiger partial charge is 0.496 e. The van der Waals surface area contributed by atoms with Crippen LogP contribution in [0, 0.1) is 0 Å². The van der Waals surface area contributed by atoms with Gasteiger partial charge in [-0.25, -0.2) is 4.79 Å². The number of methoxy groups -OCH3 is 3. The van der Waals surface area contributed by atoms with Gasteiger partial charge in [0.1, 0.15) is 17.5 Å². The van der Waals surface area contributed by atoms with Gasteiger partial charge >= 0.3 is 5.97 Å². The van der Waals surface area contributed by atoms with Crippen molar-refractivity contribution in [3.8, 4) is 22.6 Å². The Hall–Kier alpha value is -3.46. The lowest BCUT2D eigenvalue weighted by Crippen LogP contribution is -2.43. The summed E-state index contributed by atoms with van der Waals surface area (Å²) in [6.07, 6.45) is 0.769. The number of hydrogen-bond donors (Lipinski definition) is 2. The number of alkyl halides is 1. The number of ether oxygens (including phenoxy) is 3. The minimum Gasteiger partial charge on any atom is -0.496 e. The second-order valence-corrected chi connectivity index (χ2v) is 9.80. The van der Waals surface area contributed by atoms with E-state index >= 15 is 0 Å². The van der Waals surface area contributed by atoms with E-state index in [0.717, 1.165) is 0 Å². The SMILES string of the molecule is COC(=O)[C@H](Cc1ccc(-c2c(OC)cccc2OC)c(NC(=O)CCCCl)c1)NC(=O)c1c(Cl)cccc1Cl. The van der Waals surface area contributed by atoms with Crippen LogP contribution in [-0.4, -0.2) is 51.0 Å². The molecule has 3 aromatic carbocycles. The molecule has 0 bridgehead atoms. The minimum atomic E-state index is -1.07. The molecular formula is C29H29Cl3N2O6. The van der Waals surface area contributed by atoms with Gasteiger partial charge in [0.25, 0.3) is 5.91 Å². The molecule has 0 heterocycles. The van der Waals surface area contributed by atoms with E-state index in [-0.39, 0.29) is 34.4 Å². The maximum Gasteiger partial charge on any atom is 0.328 e. The van der Waals surface area contributed by atoms with Crippen LogP contribution >= 0.6 is 34.8 Å². The number of hydrogen-bond acceptors (Lipinski definition) is 6. The molecule has 1 atom stereocenters. The summed E-state index contributed by atoms with van der Waals surface area (Å²) in [5, 5.41) is 5.89. The number of esters is 1. The van der Waals surface area contributed by atoms with Gasteiger partial charge in [-0.15, -0.1) is 11.6 Å². The van der Waals surface area contributed by atoms with Gasteiger partial charge in [-0.05, 0) is 42.3 Å². The van der Waals surface area contributed by atoms with Crippen LogP contribution in [0.3, 0.4) is 0 Å². The Morgan fingerprint density at radius 3 is 2.10 bits per heavy atom. The summed E-state index contributed by atoms with van der Waals surface area (Å²) >= 11 is 18.1. The molecule has 11 heteroatoms. The highest BCUT2D eigenvalue weighted by atomic mass is 35.5. The monoisotopic (exact) mass is 606 g/mol. The number of amides is 2. The summed E-state index contributed by atoms with van der Waals surface area (Å²) in [5.74, 6) is -0.106. The predicted molar refractivity (Wildman–Crippen MR) is 157 cm³/mol. The summed E-state index contributed by atoms with van der Waals surface area (Å²) in [4.78, 5) is 38.4. The molecule has 0 spiro atoms. The number of rotatable bonds is 12. The van der Waals surface area contributed by atoms with Crippen molar-refractivity contribution in [3.63, 3.8) is 0 Å². The van der Waals surface area contributed by atoms with Crippen molar-refractivity contribution in [2.24, 2.45) is 0 Å². The smallest absolute Gasteiger partial charge is 0.328 e. The summed E-state index contributed by atoms with van der Waals surface area (Å²) < 4.78 is 16.1. The van der Waals surface area contributed by atoms with Crippen LogP contribution in [0.4, 0.5) is 5.69 Å². The summed E-state index contributed by atoms with van der Waals surface area (Å²) in [6, 6.07) is 14.2. The standard InChI is InChI=1S/C29H29Cl3N2O6/c1-38-23-9-5-10-24(39-2)26(23)18-13-12-17(15-21(18)33-25(35)11-6-14-30)16-22(29(37)40-3)34-28(36)27-19(31)7-4-8-20(27)32/h4-5,7-10,12-13,15,22H,6,11,14,16H2,1-3H3,(H,33,35)(H,34,36)/t22-/m0/s1. The van der Waals surface area contributed by atoms with Gasteiger partial charge < -0.3 is 24.8 Å². The Bertz CT molecular complexity index is 1340. The molecule has 0 aliphatic heterocycles. The molecule has 0 aromatic heterocycles. The zero-order valence-corrected chi connectivity index (χ0v) is 24.5. The van der Waals surface area contributed by atoms with Crippen LogP contribution in [0.25, 0.3) is 11.1 Å². The van der Waals surface area contributed by atoms with Gasteiger partial charge in [-0.2, -0.15) is 0 Å². The lowest BCUT2D eigenvalue weighted by molar-refractivity contribution is -0.142. The minimum absolute atomic E-state index is 0.0468. The molecular weight excluding hydrogens is 579 g/mol. The summed E-state index contributed by atoms with van der Waals surface area (Å²) in [5.41, 5.74) is 2.41. The highest BCUT2D eigenvalue weighted by Gasteiger charge is 2.26. The fourth-order valence-corrected chi connectivity index (χ4v) is 4.82. The zero-order valence-electron chi connectivity index (χ0n) is 22.2. The molecule has 2 amide bonds. The Balaban J connectivity index is 2.02. The summed E-state index contributed by atoms with van der Waals surface area (Å²) in [7, 11) is 4.31. The van der Waals surface area contributed by atoms with Crippen molar-refractivity contribution in [2.45, 2.75) is 25.3 Å². The van der Waals surface area contributed by atoms with E-state index in [1.54, 1.807) is 56.7 Å². The van der Waals surface area contributed by atoms with Gasteiger partial charge in [0.2, 0.25) is 5.91 Å². The molecule has 0 aliphatic rings. The van der Waals surface area contributed by atoms with Gasteiger partial charge in [0.05, 0.1) is 42.5 Å². The summed E-state index contributed by atoms with van der Waals surface area (Å²) in [6.45, 7) is 0. The molecule has 3 aromatic rings. The second-order valence-electron chi connectivity index (χ2n) is 8.61. The molecule has 40 heavy (non-hydrogen) atoms. The molecule has 3 rings (SSSR count). The molecule has 0 aliphatic carbocycles. The van der Waals surface area contributed by atoms with E-state index in [2.05, 4.69) is 10.6 Å². The van der Waals surface area contributed by atoms with Crippen LogP contribution in [0.2, 0.25) is 10.0 Å². The predicted octanol–water partition coefficient (Wildman–Crippen LogP) is 6.15. The topological polar surface area (TPSA) is 103 Å². The molecule has 0 unspecified atom stereocenters. The van der Waals surface area contributed by atoms with Crippen molar-refractivity contribution in [2.75, 3.05) is 32.5 Å². The molecule has 212 valence electrons. The van der Waals surface area contributed by atoms with E-state index < -0.39 is 17.9 Å². The fourth-order valence-electron chi connectivity index (χ4n) is 4.11. The van der Waals surface area contributed by atoms with E-state index in [9.17, 15) is 14.4 Å². The van der Waals surface area contributed by atoms with Crippen molar-refractivity contribution < 1.29 is 28.6 Å². The Kier molecular flexibility index (Phi) is 11.5. The average Bonchev–Trinajstić information content (AvgIpc) is 2.95. The number of carbonyl (C=O) groups is 3. The van der Waals surface area contributed by atoms with Crippen molar-refractivity contribution in [3.05, 3.63) is 75.8 Å². The fraction of sp³-hybridized carbons (Fsp3) is 0.276. The van der Waals surface area contributed by atoms with Crippen molar-refractivity contribution in [1.29, 1.82) is 0 Å². The first-order valence-electron chi connectivity index (χ1n) is 12.3. The normalized spacial score (nSPS) is 11.3. The molecule has 0 radical (unpaired) electrons. The van der Waals surface area contributed by atoms with Crippen LogP contribution < -0.4 is 20.1 Å². The Morgan fingerprint density at radius 2 is 1.52 bits per heavy atom. The quantitative estimate of drug-likeness (QED) is 0.189. The molecule has 0 fully saturated rings. The van der Waals surface area contributed by atoms with Gasteiger partial charge in [-0.1, -0.05) is 47.5 Å². The molecule has 8 nitrogen and oxygen atoms in total. The van der Waals surface area contributed by atoms with E-state index in [1.165, 1.54) is 19.2 Å². The zero-order chi connectivity index (χ0) is 29.2.